The minimum absolute atomic E-state index is 0.0172. The van der Waals surface area contributed by atoms with Crippen molar-refractivity contribution >= 4 is 55.9 Å². The second-order valence-electron chi connectivity index (χ2n) is 6.92. The lowest BCUT2D eigenvalue weighted by atomic mass is 10.1. The molecule has 3 aromatic rings. The number of aromatic nitrogens is 2. The van der Waals surface area contributed by atoms with Gasteiger partial charge in [0.15, 0.2) is 11.5 Å². The van der Waals surface area contributed by atoms with Crippen molar-refractivity contribution in [2.24, 2.45) is 0 Å². The zero-order valence-corrected chi connectivity index (χ0v) is 21.3. The summed E-state index contributed by atoms with van der Waals surface area (Å²) in [5, 5.41) is 18.7. The number of ether oxygens (including phenoxy) is 3. The fraction of sp³-hybridized carbons (Fsp3) is 0.136. The number of nitrogens with zero attached hydrogens (tertiary/aromatic N) is 3. The lowest BCUT2D eigenvalue weighted by Gasteiger charge is -2.12. The van der Waals surface area contributed by atoms with E-state index in [4.69, 9.17) is 25.8 Å². The van der Waals surface area contributed by atoms with Gasteiger partial charge in [-0.15, -0.1) is 10.2 Å². The van der Waals surface area contributed by atoms with Gasteiger partial charge in [0.2, 0.25) is 19.3 Å². The van der Waals surface area contributed by atoms with Crippen molar-refractivity contribution in [2.75, 3.05) is 25.8 Å². The van der Waals surface area contributed by atoms with Crippen LogP contribution in [0.15, 0.2) is 46.3 Å². The molecule has 1 N–H and O–H groups in total. The van der Waals surface area contributed by atoms with E-state index in [1.165, 1.54) is 44.6 Å². The predicted molar refractivity (Wildman–Crippen MR) is 131 cm³/mol. The number of carbonyl (C=O) groups excluding carboxylic acids is 2. The number of methoxy groups -OCH3 is 2. The fourth-order valence-corrected chi connectivity index (χ4v) is 4.48. The van der Waals surface area contributed by atoms with Crippen LogP contribution in [-0.2, 0) is 14.6 Å². The first-order chi connectivity index (χ1) is 17.0. The van der Waals surface area contributed by atoms with Crippen LogP contribution in [0.1, 0.15) is 15.9 Å². The number of rotatable bonds is 8. The average molecular weight is 549 g/mol. The number of hydrogen-bond acceptors (Lipinski definition) is 11. The normalized spacial score (nSPS) is 11.4. The summed E-state index contributed by atoms with van der Waals surface area (Å²) >= 11 is 6.96. The maximum Gasteiger partial charge on any atom is 0.343 e. The van der Waals surface area contributed by atoms with E-state index in [0.29, 0.717) is 22.6 Å². The number of nitrogens with one attached hydrogen (secondary N) is 1. The minimum Gasteiger partial charge on any atom is -0.497 e. The van der Waals surface area contributed by atoms with Crippen LogP contribution in [0.2, 0.25) is 5.02 Å². The molecule has 0 bridgehead atoms. The smallest absolute Gasteiger partial charge is 0.343 e. The Hall–Kier alpha value is -3.99. The summed E-state index contributed by atoms with van der Waals surface area (Å²) in [4.78, 5) is 25.1. The third kappa shape index (κ3) is 6.36. The molecule has 3 rings (SSSR count). The highest BCUT2D eigenvalue weighted by Gasteiger charge is 2.20. The molecule has 1 amide bonds. The first-order valence-corrected chi connectivity index (χ1v) is 12.8. The number of esters is 1. The summed E-state index contributed by atoms with van der Waals surface area (Å²) in [6, 6.07) is 10.9. The zero-order chi connectivity index (χ0) is 26.5. The number of amides is 1. The molecule has 0 aliphatic carbocycles. The number of hydrogen-bond donors (Lipinski definition) is 1. The highest BCUT2D eigenvalue weighted by atomic mass is 35.5. The van der Waals surface area contributed by atoms with Gasteiger partial charge in [-0.05, 0) is 42.0 Å². The van der Waals surface area contributed by atoms with E-state index in [2.05, 4.69) is 15.5 Å². The molecular formula is C22H17ClN4O7S2. The fourth-order valence-electron chi connectivity index (χ4n) is 2.71. The second kappa shape index (κ2) is 11.2. The summed E-state index contributed by atoms with van der Waals surface area (Å²) in [5.74, 6) is -1.08. The third-order valence-electron chi connectivity index (χ3n) is 4.37. The summed E-state index contributed by atoms with van der Waals surface area (Å²) in [5.41, 5.74) is 0.166. The first kappa shape index (κ1) is 26.6. The number of benzene rings is 2. The van der Waals surface area contributed by atoms with Crippen LogP contribution in [0.3, 0.4) is 0 Å². The number of halogens is 1. The highest BCUT2D eigenvalue weighted by molar-refractivity contribution is 7.92. The Kier molecular flexibility index (Phi) is 8.25. The maximum atomic E-state index is 12.6. The molecule has 0 aliphatic heterocycles. The van der Waals surface area contributed by atoms with Crippen molar-refractivity contribution in [3.8, 4) is 23.3 Å². The van der Waals surface area contributed by atoms with E-state index in [0.717, 1.165) is 6.26 Å². The van der Waals surface area contributed by atoms with Crippen molar-refractivity contribution in [3.05, 3.63) is 58.1 Å². The van der Waals surface area contributed by atoms with Crippen LogP contribution in [0.25, 0.3) is 6.08 Å². The van der Waals surface area contributed by atoms with Gasteiger partial charge in [0.05, 0.1) is 24.8 Å². The number of anilines is 1. The standard InChI is InChI=1S/C22H17ClN4O7S2/c1-32-15-6-4-5-13(10-15)20(29)34-18-16(23)8-12(9-17(18)33-2)7-14(11-24)19(28)25-21-26-27-22(35-21)36(3,30)31/h4-10H,1-3H3,(H,25,26,28)/b14-7-. The second-order valence-corrected chi connectivity index (χ2v) is 10.5. The first-order valence-electron chi connectivity index (χ1n) is 9.76. The third-order valence-corrected chi connectivity index (χ3v) is 7.16. The van der Waals surface area contributed by atoms with Gasteiger partial charge in [-0.2, -0.15) is 5.26 Å². The van der Waals surface area contributed by atoms with Gasteiger partial charge in [0.25, 0.3) is 5.91 Å². The molecule has 0 fully saturated rings. The molecule has 11 nitrogen and oxygen atoms in total. The summed E-state index contributed by atoms with van der Waals surface area (Å²) < 4.78 is 38.6. The number of carbonyl (C=O) groups is 2. The van der Waals surface area contributed by atoms with Gasteiger partial charge in [-0.25, -0.2) is 13.2 Å². The van der Waals surface area contributed by atoms with Gasteiger partial charge in [0, 0.05) is 6.26 Å². The molecule has 0 radical (unpaired) electrons. The Morgan fingerprint density at radius 3 is 2.53 bits per heavy atom. The molecular weight excluding hydrogens is 532 g/mol. The summed E-state index contributed by atoms with van der Waals surface area (Å²) in [6.45, 7) is 0. The van der Waals surface area contributed by atoms with E-state index < -0.39 is 21.7 Å². The van der Waals surface area contributed by atoms with E-state index in [1.54, 1.807) is 18.2 Å². The van der Waals surface area contributed by atoms with Gasteiger partial charge in [0.1, 0.15) is 17.4 Å². The Morgan fingerprint density at radius 1 is 1.17 bits per heavy atom. The van der Waals surface area contributed by atoms with Crippen molar-refractivity contribution in [1.82, 2.24) is 10.2 Å². The molecule has 36 heavy (non-hydrogen) atoms. The molecule has 0 saturated heterocycles. The monoisotopic (exact) mass is 548 g/mol. The Labute approximate surface area is 214 Å². The molecule has 0 saturated carbocycles. The van der Waals surface area contributed by atoms with Crippen LogP contribution >= 0.6 is 22.9 Å². The van der Waals surface area contributed by atoms with E-state index in [-0.39, 0.29) is 37.1 Å². The van der Waals surface area contributed by atoms with E-state index >= 15 is 0 Å². The SMILES string of the molecule is COc1cccc(C(=O)Oc2c(Cl)cc(/C=C(/C#N)C(=O)Nc3nnc(S(C)(=O)=O)s3)cc2OC)c1. The van der Waals surface area contributed by atoms with Gasteiger partial charge >= 0.3 is 5.97 Å². The Bertz CT molecular complexity index is 1510. The molecule has 1 heterocycles. The number of nitriles is 1. The lowest BCUT2D eigenvalue weighted by Crippen LogP contribution is -2.13. The predicted octanol–water partition coefficient (Wildman–Crippen LogP) is 3.38. The van der Waals surface area contributed by atoms with Gasteiger partial charge in [-0.3, -0.25) is 10.1 Å². The largest absolute Gasteiger partial charge is 0.497 e. The van der Waals surface area contributed by atoms with Crippen molar-refractivity contribution < 1.29 is 32.2 Å². The molecule has 14 heteroatoms. The van der Waals surface area contributed by atoms with Crippen molar-refractivity contribution in [2.45, 2.75) is 4.34 Å². The van der Waals surface area contributed by atoms with Gasteiger partial charge in [-0.1, -0.05) is 29.0 Å². The Balaban J connectivity index is 1.85. The quantitative estimate of drug-likeness (QED) is 0.145. The van der Waals surface area contributed by atoms with Crippen LogP contribution in [0.5, 0.6) is 17.2 Å². The lowest BCUT2D eigenvalue weighted by molar-refractivity contribution is -0.112. The average Bonchev–Trinajstić information content (AvgIpc) is 3.32. The molecule has 2 aromatic carbocycles. The van der Waals surface area contributed by atoms with Gasteiger partial charge < -0.3 is 14.2 Å². The molecule has 0 atom stereocenters. The molecule has 0 spiro atoms. The van der Waals surface area contributed by atoms with E-state index in [9.17, 15) is 23.3 Å². The minimum atomic E-state index is -3.60. The zero-order valence-electron chi connectivity index (χ0n) is 18.9. The van der Waals surface area contributed by atoms with Crippen molar-refractivity contribution in [1.29, 1.82) is 5.26 Å². The summed E-state index contributed by atoms with van der Waals surface area (Å²) in [6.07, 6.45) is 2.17. The van der Waals surface area contributed by atoms with Crippen LogP contribution in [-0.4, -0.2) is 51.0 Å². The Morgan fingerprint density at radius 2 is 1.92 bits per heavy atom. The molecule has 186 valence electrons. The van der Waals surface area contributed by atoms with Crippen LogP contribution < -0.4 is 19.5 Å². The topological polar surface area (TPSA) is 158 Å². The highest BCUT2D eigenvalue weighted by Crippen LogP contribution is 2.37. The summed E-state index contributed by atoms with van der Waals surface area (Å²) in [7, 11) is -0.802. The number of sulfone groups is 1. The maximum absolute atomic E-state index is 12.6. The van der Waals surface area contributed by atoms with Crippen LogP contribution in [0, 0.1) is 11.3 Å². The molecule has 0 unspecified atom stereocenters. The van der Waals surface area contributed by atoms with E-state index in [1.807, 2.05) is 0 Å². The molecule has 0 aliphatic rings. The molecule has 1 aromatic heterocycles. The van der Waals surface area contributed by atoms with Crippen molar-refractivity contribution in [3.63, 3.8) is 0 Å². The van der Waals surface area contributed by atoms with Crippen LogP contribution in [0.4, 0.5) is 5.13 Å².